The summed E-state index contributed by atoms with van der Waals surface area (Å²) in [5.74, 6) is 0.555. The Morgan fingerprint density at radius 3 is 3.07 bits per heavy atom. The van der Waals surface area contributed by atoms with Gasteiger partial charge in [0.05, 0.1) is 13.7 Å². The van der Waals surface area contributed by atoms with Gasteiger partial charge in [0.15, 0.2) is 0 Å². The molecule has 0 spiro atoms. The Labute approximate surface area is 90.3 Å². The second-order valence-electron chi connectivity index (χ2n) is 3.78. The van der Waals surface area contributed by atoms with Crippen molar-refractivity contribution in [2.24, 2.45) is 0 Å². The molecule has 1 saturated heterocycles. The van der Waals surface area contributed by atoms with Gasteiger partial charge in [0, 0.05) is 19.1 Å². The number of hydrogen-bond acceptors (Lipinski definition) is 3. The summed E-state index contributed by atoms with van der Waals surface area (Å²) in [4.78, 5) is 4.88. The van der Waals surface area contributed by atoms with Gasteiger partial charge in [0.2, 0.25) is 0 Å². The fourth-order valence-corrected chi connectivity index (χ4v) is 2.02. The fraction of sp³-hybridized carbons (Fsp3) is 0.500. The van der Waals surface area contributed by atoms with Crippen LogP contribution in [-0.2, 0) is 16.1 Å². The molecule has 2 rings (SSSR count). The number of ether oxygens (including phenoxy) is 1. The van der Waals surface area contributed by atoms with Crippen molar-refractivity contribution in [2.45, 2.75) is 18.9 Å². The monoisotopic (exact) mass is 207 g/mol. The second kappa shape index (κ2) is 5.26. The molecule has 0 radical (unpaired) electrons. The minimum atomic E-state index is 0.555. The zero-order chi connectivity index (χ0) is 10.5. The second-order valence-corrected chi connectivity index (χ2v) is 3.78. The topological polar surface area (TPSA) is 30.5 Å². The number of rotatable bonds is 4. The first-order valence-corrected chi connectivity index (χ1v) is 5.33. The molecule has 1 heterocycles. The van der Waals surface area contributed by atoms with E-state index in [0.717, 1.165) is 26.2 Å². The van der Waals surface area contributed by atoms with Crippen LogP contribution >= 0.6 is 0 Å². The van der Waals surface area contributed by atoms with Crippen molar-refractivity contribution in [3.8, 4) is 0 Å². The van der Waals surface area contributed by atoms with Crippen molar-refractivity contribution in [3.05, 3.63) is 35.4 Å². The predicted octanol–water partition coefficient (Wildman–Crippen LogP) is 1.84. The summed E-state index contributed by atoms with van der Waals surface area (Å²) in [5, 5.41) is 0. The van der Waals surface area contributed by atoms with Gasteiger partial charge in [-0.25, -0.2) is 0 Å². The average Bonchev–Trinajstić information content (AvgIpc) is 2.80. The zero-order valence-electron chi connectivity index (χ0n) is 9.03. The third-order valence-corrected chi connectivity index (χ3v) is 2.83. The Kier molecular flexibility index (Phi) is 3.72. The molecule has 3 nitrogen and oxygen atoms in total. The van der Waals surface area contributed by atoms with Crippen LogP contribution in [0.5, 0.6) is 0 Å². The number of nitrogens with one attached hydrogen (secondary N) is 1. The molecule has 0 bridgehead atoms. The van der Waals surface area contributed by atoms with Crippen LogP contribution in [-0.4, -0.2) is 20.3 Å². The van der Waals surface area contributed by atoms with E-state index >= 15 is 0 Å². The smallest absolute Gasteiger partial charge is 0.0572 e. The quantitative estimate of drug-likeness (QED) is 0.764. The van der Waals surface area contributed by atoms with Crippen LogP contribution in [0.1, 0.15) is 23.5 Å². The summed E-state index contributed by atoms with van der Waals surface area (Å²) in [7, 11) is 1.64. The molecule has 1 aromatic rings. The SMILES string of the molecule is CONCc1ccccc1C1CCOC1. The van der Waals surface area contributed by atoms with E-state index in [1.807, 2.05) is 0 Å². The molecule has 0 aliphatic carbocycles. The van der Waals surface area contributed by atoms with Crippen LogP contribution in [0.15, 0.2) is 24.3 Å². The third kappa shape index (κ3) is 2.56. The van der Waals surface area contributed by atoms with Gasteiger partial charge < -0.3 is 9.57 Å². The maximum absolute atomic E-state index is 5.42. The average molecular weight is 207 g/mol. The molecule has 0 amide bonds. The van der Waals surface area contributed by atoms with Crippen LogP contribution in [0.4, 0.5) is 0 Å². The first kappa shape index (κ1) is 10.6. The molecule has 1 aromatic carbocycles. The third-order valence-electron chi connectivity index (χ3n) is 2.83. The van der Waals surface area contributed by atoms with Crippen LogP contribution < -0.4 is 5.48 Å². The summed E-state index contributed by atoms with van der Waals surface area (Å²) >= 11 is 0. The van der Waals surface area contributed by atoms with Gasteiger partial charge in [0.25, 0.3) is 0 Å². The zero-order valence-corrected chi connectivity index (χ0v) is 9.03. The highest BCUT2D eigenvalue weighted by molar-refractivity contribution is 5.30. The first-order chi connectivity index (χ1) is 7.42. The standard InChI is InChI=1S/C12H17NO2/c1-14-13-8-10-4-2-3-5-12(10)11-6-7-15-9-11/h2-5,11,13H,6-9H2,1H3. The minimum Gasteiger partial charge on any atom is -0.381 e. The molecule has 0 saturated carbocycles. The summed E-state index contributed by atoms with van der Waals surface area (Å²) in [6.07, 6.45) is 1.13. The van der Waals surface area contributed by atoms with Crippen molar-refractivity contribution >= 4 is 0 Å². The maximum Gasteiger partial charge on any atom is 0.0572 e. The van der Waals surface area contributed by atoms with Crippen molar-refractivity contribution < 1.29 is 9.57 Å². The Hall–Kier alpha value is -0.900. The lowest BCUT2D eigenvalue weighted by Gasteiger charge is -2.14. The van der Waals surface area contributed by atoms with Gasteiger partial charge in [-0.05, 0) is 17.5 Å². The summed E-state index contributed by atoms with van der Waals surface area (Å²) in [5.41, 5.74) is 5.58. The molecule has 15 heavy (non-hydrogen) atoms. The molecule has 1 aliphatic rings. The first-order valence-electron chi connectivity index (χ1n) is 5.33. The Bertz CT molecular complexity index is 308. The molecule has 82 valence electrons. The van der Waals surface area contributed by atoms with Gasteiger partial charge in [0.1, 0.15) is 0 Å². The van der Waals surface area contributed by atoms with Crippen LogP contribution in [0.2, 0.25) is 0 Å². The molecule has 3 heteroatoms. The Morgan fingerprint density at radius 2 is 2.33 bits per heavy atom. The van der Waals surface area contributed by atoms with Crippen molar-refractivity contribution in [2.75, 3.05) is 20.3 Å². The van der Waals surface area contributed by atoms with Gasteiger partial charge in [-0.2, -0.15) is 5.48 Å². The Balaban J connectivity index is 2.13. The lowest BCUT2D eigenvalue weighted by Crippen LogP contribution is -2.13. The van der Waals surface area contributed by atoms with E-state index in [2.05, 4.69) is 29.7 Å². The molecule has 1 unspecified atom stereocenters. The highest BCUT2D eigenvalue weighted by atomic mass is 16.6. The predicted molar refractivity (Wildman–Crippen MR) is 58.5 cm³/mol. The summed E-state index contributed by atoms with van der Waals surface area (Å²) in [6, 6.07) is 8.47. The van der Waals surface area contributed by atoms with E-state index in [1.54, 1.807) is 7.11 Å². The lowest BCUT2D eigenvalue weighted by atomic mass is 9.94. The van der Waals surface area contributed by atoms with Crippen LogP contribution in [0, 0.1) is 0 Å². The molecule has 1 fully saturated rings. The van der Waals surface area contributed by atoms with Crippen LogP contribution in [0.25, 0.3) is 0 Å². The van der Waals surface area contributed by atoms with E-state index < -0.39 is 0 Å². The van der Waals surface area contributed by atoms with Gasteiger partial charge in [-0.1, -0.05) is 24.3 Å². The number of benzene rings is 1. The highest BCUT2D eigenvalue weighted by Crippen LogP contribution is 2.27. The van der Waals surface area contributed by atoms with Crippen molar-refractivity contribution in [1.29, 1.82) is 0 Å². The van der Waals surface area contributed by atoms with Crippen LogP contribution in [0.3, 0.4) is 0 Å². The van der Waals surface area contributed by atoms with Gasteiger partial charge >= 0.3 is 0 Å². The van der Waals surface area contributed by atoms with E-state index in [4.69, 9.17) is 9.57 Å². The minimum absolute atomic E-state index is 0.555. The van der Waals surface area contributed by atoms with E-state index in [1.165, 1.54) is 11.1 Å². The molecular formula is C12H17NO2. The van der Waals surface area contributed by atoms with E-state index in [0.29, 0.717) is 5.92 Å². The van der Waals surface area contributed by atoms with E-state index in [-0.39, 0.29) is 0 Å². The maximum atomic E-state index is 5.42. The summed E-state index contributed by atoms with van der Waals surface area (Å²) < 4.78 is 5.42. The van der Waals surface area contributed by atoms with Crippen molar-refractivity contribution in [1.82, 2.24) is 5.48 Å². The van der Waals surface area contributed by atoms with E-state index in [9.17, 15) is 0 Å². The lowest BCUT2D eigenvalue weighted by molar-refractivity contribution is 0.0864. The normalized spacial score (nSPS) is 20.7. The number of hydrogen-bond donors (Lipinski definition) is 1. The largest absolute Gasteiger partial charge is 0.381 e. The van der Waals surface area contributed by atoms with Gasteiger partial charge in [-0.15, -0.1) is 0 Å². The number of hydroxylamine groups is 1. The van der Waals surface area contributed by atoms with Gasteiger partial charge in [-0.3, -0.25) is 0 Å². The molecular weight excluding hydrogens is 190 g/mol. The molecule has 1 aliphatic heterocycles. The molecule has 0 aromatic heterocycles. The Morgan fingerprint density at radius 1 is 1.47 bits per heavy atom. The summed E-state index contributed by atoms with van der Waals surface area (Å²) in [6.45, 7) is 2.49. The molecule has 1 N–H and O–H groups in total. The molecule has 1 atom stereocenters. The highest BCUT2D eigenvalue weighted by Gasteiger charge is 2.19. The fourth-order valence-electron chi connectivity index (χ4n) is 2.02. The van der Waals surface area contributed by atoms with Crippen molar-refractivity contribution in [3.63, 3.8) is 0 Å².